The summed E-state index contributed by atoms with van der Waals surface area (Å²) in [6.45, 7) is 0. The number of nitro benzene ring substituents is 1. The smallest absolute Gasteiger partial charge is 0.273 e. The Morgan fingerprint density at radius 3 is 2.79 bits per heavy atom. The second-order valence-electron chi connectivity index (χ2n) is 3.87. The van der Waals surface area contributed by atoms with Gasteiger partial charge in [0.05, 0.1) is 23.7 Å². The van der Waals surface area contributed by atoms with Crippen molar-refractivity contribution in [3.8, 4) is 5.75 Å². The molecular weight excluding hydrogens is 266 g/mol. The Morgan fingerprint density at radius 1 is 1.42 bits per heavy atom. The van der Waals surface area contributed by atoms with Gasteiger partial charge in [0.2, 0.25) is 0 Å². The van der Waals surface area contributed by atoms with Crippen LogP contribution in [0.4, 0.5) is 5.69 Å². The molecular formula is C13H11NO4S. The molecule has 5 nitrogen and oxygen atoms in total. The normalized spacial score (nSPS) is 10.2. The molecule has 19 heavy (non-hydrogen) atoms. The Hall–Kier alpha value is -2.21. The quantitative estimate of drug-likeness (QED) is 0.478. The lowest BCUT2D eigenvalue weighted by molar-refractivity contribution is -0.384. The van der Waals surface area contributed by atoms with Crippen LogP contribution >= 0.6 is 11.3 Å². The summed E-state index contributed by atoms with van der Waals surface area (Å²) in [4.78, 5) is 22.3. The number of nitrogens with zero attached hydrogens (tertiary/aromatic N) is 1. The number of hydrogen-bond donors (Lipinski definition) is 0. The van der Waals surface area contributed by atoms with Crippen LogP contribution in [0.3, 0.4) is 0 Å². The van der Waals surface area contributed by atoms with Crippen LogP contribution in [-0.4, -0.2) is 17.8 Å². The van der Waals surface area contributed by atoms with E-state index in [-0.39, 0.29) is 23.6 Å². The minimum absolute atomic E-state index is 0.0936. The molecule has 1 aromatic heterocycles. The van der Waals surface area contributed by atoms with Gasteiger partial charge < -0.3 is 4.74 Å². The van der Waals surface area contributed by atoms with Gasteiger partial charge >= 0.3 is 0 Å². The van der Waals surface area contributed by atoms with Gasteiger partial charge in [0.25, 0.3) is 5.69 Å². The molecule has 0 bridgehead atoms. The predicted octanol–water partition coefficient (Wildman–Crippen LogP) is 3.09. The fraction of sp³-hybridized carbons (Fsp3) is 0.154. The second kappa shape index (κ2) is 5.62. The summed E-state index contributed by atoms with van der Waals surface area (Å²) in [5.41, 5.74) is 1.19. The van der Waals surface area contributed by atoms with Crippen molar-refractivity contribution in [2.75, 3.05) is 7.11 Å². The van der Waals surface area contributed by atoms with Gasteiger partial charge in [-0.05, 0) is 28.5 Å². The highest BCUT2D eigenvalue weighted by atomic mass is 32.1. The topological polar surface area (TPSA) is 69.4 Å². The number of carbonyl (C=O) groups is 1. The van der Waals surface area contributed by atoms with Crippen molar-refractivity contribution in [2.45, 2.75) is 6.42 Å². The van der Waals surface area contributed by atoms with Gasteiger partial charge in [0.1, 0.15) is 5.75 Å². The average molecular weight is 277 g/mol. The third-order valence-corrected chi connectivity index (χ3v) is 3.37. The second-order valence-corrected chi connectivity index (χ2v) is 4.65. The van der Waals surface area contributed by atoms with E-state index in [1.807, 2.05) is 16.8 Å². The lowest BCUT2D eigenvalue weighted by Crippen LogP contribution is -2.05. The van der Waals surface area contributed by atoms with E-state index >= 15 is 0 Å². The lowest BCUT2D eigenvalue weighted by Gasteiger charge is -2.06. The van der Waals surface area contributed by atoms with Crippen molar-refractivity contribution < 1.29 is 14.5 Å². The first-order valence-electron chi connectivity index (χ1n) is 5.48. The van der Waals surface area contributed by atoms with Gasteiger partial charge in [-0.3, -0.25) is 14.9 Å². The summed E-state index contributed by atoms with van der Waals surface area (Å²) in [6, 6.07) is 5.89. The molecule has 0 amide bonds. The van der Waals surface area contributed by atoms with Crippen molar-refractivity contribution in [1.82, 2.24) is 0 Å². The SMILES string of the molecule is COc1cc([N+](=O)[O-])ccc1C(=O)Cc1ccsc1. The van der Waals surface area contributed by atoms with Crippen LogP contribution in [0.25, 0.3) is 0 Å². The number of hydrogen-bond acceptors (Lipinski definition) is 5. The Kier molecular flexibility index (Phi) is 3.91. The molecule has 0 spiro atoms. The van der Waals surface area contributed by atoms with Crippen molar-refractivity contribution >= 4 is 22.8 Å². The maximum Gasteiger partial charge on any atom is 0.273 e. The Morgan fingerprint density at radius 2 is 2.21 bits per heavy atom. The first kappa shape index (κ1) is 13.2. The zero-order valence-corrected chi connectivity index (χ0v) is 11.0. The largest absolute Gasteiger partial charge is 0.496 e. The maximum atomic E-state index is 12.1. The molecule has 0 unspecified atom stereocenters. The first-order valence-corrected chi connectivity index (χ1v) is 6.43. The highest BCUT2D eigenvalue weighted by Crippen LogP contribution is 2.26. The van der Waals surface area contributed by atoms with Crippen LogP contribution in [0.15, 0.2) is 35.0 Å². The van der Waals surface area contributed by atoms with Crippen LogP contribution in [0, 0.1) is 10.1 Å². The standard InChI is InChI=1S/C13H11NO4S/c1-18-13-7-10(14(16)17)2-3-11(13)12(15)6-9-4-5-19-8-9/h2-5,7-8H,6H2,1H3. The van der Waals surface area contributed by atoms with E-state index in [1.165, 1.54) is 36.6 Å². The number of rotatable bonds is 5. The molecule has 98 valence electrons. The molecule has 0 aliphatic carbocycles. The fourth-order valence-electron chi connectivity index (χ4n) is 1.70. The van der Waals surface area contributed by atoms with Crippen LogP contribution in [0.1, 0.15) is 15.9 Å². The summed E-state index contributed by atoms with van der Waals surface area (Å²) < 4.78 is 5.05. The maximum absolute atomic E-state index is 12.1. The highest BCUT2D eigenvalue weighted by molar-refractivity contribution is 7.08. The molecule has 0 aliphatic rings. The van der Waals surface area contributed by atoms with Gasteiger partial charge in [-0.15, -0.1) is 0 Å². The summed E-state index contributed by atoms with van der Waals surface area (Å²) >= 11 is 1.52. The number of benzene rings is 1. The Labute approximate surface area is 113 Å². The molecule has 1 heterocycles. The number of nitro groups is 1. The van der Waals surface area contributed by atoms with Gasteiger partial charge in [0, 0.05) is 12.5 Å². The molecule has 0 aliphatic heterocycles. The molecule has 0 N–H and O–H groups in total. The van der Waals surface area contributed by atoms with Crippen molar-refractivity contribution in [2.24, 2.45) is 0 Å². The van der Waals surface area contributed by atoms with Crippen LogP contribution in [-0.2, 0) is 6.42 Å². The van der Waals surface area contributed by atoms with E-state index in [4.69, 9.17) is 4.74 Å². The van der Waals surface area contributed by atoms with Crippen molar-refractivity contribution in [3.63, 3.8) is 0 Å². The molecule has 0 saturated heterocycles. The van der Waals surface area contributed by atoms with E-state index in [0.717, 1.165) is 5.56 Å². The minimum Gasteiger partial charge on any atom is -0.496 e. The number of thiophene rings is 1. The number of ketones is 1. The van der Waals surface area contributed by atoms with E-state index in [0.29, 0.717) is 5.56 Å². The van der Waals surface area contributed by atoms with Gasteiger partial charge in [-0.25, -0.2) is 0 Å². The number of methoxy groups -OCH3 is 1. The molecule has 0 atom stereocenters. The molecule has 6 heteroatoms. The van der Waals surface area contributed by atoms with E-state index in [9.17, 15) is 14.9 Å². The number of Topliss-reactive ketones (excluding diaryl/α,β-unsaturated/α-hetero) is 1. The molecule has 0 fully saturated rings. The van der Waals surface area contributed by atoms with Crippen LogP contribution in [0.5, 0.6) is 5.75 Å². The van der Waals surface area contributed by atoms with E-state index < -0.39 is 4.92 Å². The highest BCUT2D eigenvalue weighted by Gasteiger charge is 2.17. The van der Waals surface area contributed by atoms with E-state index in [1.54, 1.807) is 0 Å². The summed E-state index contributed by atoms with van der Waals surface area (Å²) in [6.07, 6.45) is 0.262. The summed E-state index contributed by atoms with van der Waals surface area (Å²) in [5, 5.41) is 14.5. The number of ether oxygens (including phenoxy) is 1. The van der Waals surface area contributed by atoms with Crippen molar-refractivity contribution in [3.05, 3.63) is 56.3 Å². The molecule has 2 aromatic rings. The minimum atomic E-state index is -0.518. The summed E-state index contributed by atoms with van der Waals surface area (Å²) in [7, 11) is 1.39. The summed E-state index contributed by atoms with van der Waals surface area (Å²) in [5.74, 6) is 0.111. The van der Waals surface area contributed by atoms with Gasteiger partial charge in [-0.2, -0.15) is 11.3 Å². The monoisotopic (exact) mass is 277 g/mol. The third-order valence-electron chi connectivity index (χ3n) is 2.64. The van der Waals surface area contributed by atoms with Crippen LogP contribution < -0.4 is 4.74 Å². The first-order chi connectivity index (χ1) is 9.11. The zero-order chi connectivity index (χ0) is 13.8. The number of carbonyl (C=O) groups excluding carboxylic acids is 1. The molecule has 1 aromatic carbocycles. The molecule has 2 rings (SSSR count). The molecule has 0 saturated carbocycles. The predicted molar refractivity (Wildman–Crippen MR) is 72.0 cm³/mol. The van der Waals surface area contributed by atoms with Crippen LogP contribution in [0.2, 0.25) is 0 Å². The molecule has 0 radical (unpaired) electrons. The average Bonchev–Trinajstić information content (AvgIpc) is 2.90. The number of non-ortho nitro benzene ring substituents is 1. The fourth-order valence-corrected chi connectivity index (χ4v) is 2.37. The third kappa shape index (κ3) is 2.97. The Balaban J connectivity index is 2.28. The Bertz CT molecular complexity index is 607. The van der Waals surface area contributed by atoms with Crippen molar-refractivity contribution in [1.29, 1.82) is 0 Å². The van der Waals surface area contributed by atoms with Gasteiger partial charge in [0.15, 0.2) is 5.78 Å². The van der Waals surface area contributed by atoms with Gasteiger partial charge in [-0.1, -0.05) is 0 Å². The lowest BCUT2D eigenvalue weighted by atomic mass is 10.0. The van der Waals surface area contributed by atoms with E-state index in [2.05, 4.69) is 0 Å². The zero-order valence-electron chi connectivity index (χ0n) is 10.2.